The highest BCUT2D eigenvalue weighted by atomic mass is 19.1. The van der Waals surface area contributed by atoms with Crippen LogP contribution in [0.5, 0.6) is 0 Å². The molecule has 0 radical (unpaired) electrons. The summed E-state index contributed by atoms with van der Waals surface area (Å²) in [6, 6.07) is 4.48. The molecule has 1 aromatic carbocycles. The van der Waals surface area contributed by atoms with Crippen LogP contribution in [0.2, 0.25) is 0 Å². The van der Waals surface area contributed by atoms with Crippen LogP contribution in [0.3, 0.4) is 0 Å². The van der Waals surface area contributed by atoms with E-state index in [1.165, 1.54) is 12.1 Å². The van der Waals surface area contributed by atoms with Crippen LogP contribution >= 0.6 is 0 Å². The van der Waals surface area contributed by atoms with Gasteiger partial charge in [0.05, 0.1) is 11.5 Å². The molecule has 0 fully saturated rings. The molecule has 6 heteroatoms. The number of methoxy groups -OCH3 is 1. The van der Waals surface area contributed by atoms with Crippen LogP contribution in [0.25, 0.3) is 0 Å². The molecule has 1 aromatic rings. The Morgan fingerprint density at radius 2 is 2.05 bits per heavy atom. The van der Waals surface area contributed by atoms with Gasteiger partial charge in [-0.25, -0.2) is 0 Å². The van der Waals surface area contributed by atoms with Crippen molar-refractivity contribution in [3.05, 3.63) is 39.7 Å². The first-order chi connectivity index (χ1) is 10.0. The van der Waals surface area contributed by atoms with Gasteiger partial charge in [-0.3, -0.25) is 15.0 Å². The number of rotatable bonds is 9. The molecule has 5 nitrogen and oxygen atoms in total. The maximum atomic E-state index is 13.7. The molecule has 0 atom stereocenters. The third-order valence-corrected chi connectivity index (χ3v) is 3.64. The van der Waals surface area contributed by atoms with E-state index in [9.17, 15) is 14.5 Å². The molecule has 0 aliphatic rings. The van der Waals surface area contributed by atoms with Crippen molar-refractivity contribution >= 4 is 5.69 Å². The van der Waals surface area contributed by atoms with Crippen molar-refractivity contribution in [3.63, 3.8) is 0 Å². The van der Waals surface area contributed by atoms with Gasteiger partial charge in [0.15, 0.2) is 0 Å². The number of nitro groups is 1. The van der Waals surface area contributed by atoms with Gasteiger partial charge in [0.2, 0.25) is 5.82 Å². The molecule has 1 rings (SSSR count). The first-order valence-corrected chi connectivity index (χ1v) is 7.19. The number of nitro benzene ring substituents is 1. The summed E-state index contributed by atoms with van der Waals surface area (Å²) in [5, 5.41) is 10.6. The number of hydrogen-bond acceptors (Lipinski definition) is 4. The maximum Gasteiger partial charge on any atom is 0.304 e. The van der Waals surface area contributed by atoms with E-state index < -0.39 is 16.4 Å². The van der Waals surface area contributed by atoms with Crippen LogP contribution in [-0.4, -0.2) is 36.1 Å². The molecular weight excluding hydrogens is 275 g/mol. The van der Waals surface area contributed by atoms with Gasteiger partial charge < -0.3 is 4.74 Å². The lowest BCUT2D eigenvalue weighted by molar-refractivity contribution is -0.387. The van der Waals surface area contributed by atoms with Gasteiger partial charge in [-0.2, -0.15) is 4.39 Å². The molecule has 0 spiro atoms. The second-order valence-electron chi connectivity index (χ2n) is 4.98. The van der Waals surface area contributed by atoms with E-state index in [-0.39, 0.29) is 0 Å². The molecule has 0 N–H and O–H groups in total. The van der Waals surface area contributed by atoms with Gasteiger partial charge in [0, 0.05) is 32.3 Å². The Hall–Kier alpha value is -1.53. The molecule has 0 heterocycles. The van der Waals surface area contributed by atoms with E-state index in [4.69, 9.17) is 4.74 Å². The van der Waals surface area contributed by atoms with Crippen LogP contribution in [0.4, 0.5) is 10.1 Å². The Morgan fingerprint density at radius 3 is 2.52 bits per heavy atom. The fourth-order valence-electron chi connectivity index (χ4n) is 2.44. The zero-order valence-electron chi connectivity index (χ0n) is 12.8. The average molecular weight is 298 g/mol. The van der Waals surface area contributed by atoms with Crippen LogP contribution in [0.15, 0.2) is 18.2 Å². The molecule has 0 aliphatic carbocycles. The summed E-state index contributed by atoms with van der Waals surface area (Å²) in [5.41, 5.74) is 0.255. The monoisotopic (exact) mass is 298 g/mol. The van der Waals surface area contributed by atoms with Crippen LogP contribution in [0.1, 0.15) is 32.3 Å². The van der Waals surface area contributed by atoms with Gasteiger partial charge in [-0.05, 0) is 24.5 Å². The van der Waals surface area contributed by atoms with Crippen molar-refractivity contribution in [2.24, 2.45) is 0 Å². The quantitative estimate of drug-likeness (QED) is 0.518. The Kier molecular flexibility index (Phi) is 7.25. The summed E-state index contributed by atoms with van der Waals surface area (Å²) in [4.78, 5) is 12.2. The molecule has 0 saturated carbocycles. The first kappa shape index (κ1) is 17.5. The SMILES string of the molecule is CCC(CC)N(CCOC)Cc1ccc([N+](=O)[O-])c(F)c1. The molecule has 0 unspecified atom stereocenters. The maximum absolute atomic E-state index is 13.7. The number of benzene rings is 1. The molecule has 0 bridgehead atoms. The Labute approximate surface area is 124 Å². The molecule has 21 heavy (non-hydrogen) atoms. The van der Waals surface area contributed by atoms with Gasteiger partial charge in [0.1, 0.15) is 0 Å². The highest BCUT2D eigenvalue weighted by molar-refractivity contribution is 5.35. The summed E-state index contributed by atoms with van der Waals surface area (Å²) < 4.78 is 18.8. The van der Waals surface area contributed by atoms with E-state index in [0.717, 1.165) is 24.9 Å². The predicted octanol–water partition coefficient (Wildman–Crippen LogP) is 3.37. The Morgan fingerprint density at radius 1 is 1.38 bits per heavy atom. The molecule has 0 aliphatic heterocycles. The Bertz CT molecular complexity index is 464. The lowest BCUT2D eigenvalue weighted by Gasteiger charge is -2.30. The topological polar surface area (TPSA) is 55.6 Å². The fraction of sp³-hybridized carbons (Fsp3) is 0.600. The zero-order valence-corrected chi connectivity index (χ0v) is 12.8. The summed E-state index contributed by atoms with van der Waals surface area (Å²) in [5.74, 6) is -0.784. The van der Waals surface area contributed by atoms with Crippen molar-refractivity contribution in [1.29, 1.82) is 0 Å². The van der Waals surface area contributed by atoms with Gasteiger partial charge in [-0.15, -0.1) is 0 Å². The van der Waals surface area contributed by atoms with Gasteiger partial charge >= 0.3 is 5.69 Å². The standard InChI is InChI=1S/C15H23FN2O3/c1-4-13(5-2)17(8-9-21-3)11-12-6-7-15(18(19)20)14(16)10-12/h6-7,10,13H,4-5,8-9,11H2,1-3H3. The van der Waals surface area contributed by atoms with Crippen LogP contribution < -0.4 is 0 Å². The summed E-state index contributed by atoms with van der Waals surface area (Å²) >= 11 is 0. The minimum Gasteiger partial charge on any atom is -0.383 e. The highest BCUT2D eigenvalue weighted by Crippen LogP contribution is 2.20. The smallest absolute Gasteiger partial charge is 0.304 e. The van der Waals surface area contributed by atoms with Crippen molar-refractivity contribution in [2.75, 3.05) is 20.3 Å². The first-order valence-electron chi connectivity index (χ1n) is 7.19. The highest BCUT2D eigenvalue weighted by Gasteiger charge is 2.18. The van der Waals surface area contributed by atoms with Crippen molar-refractivity contribution in [2.45, 2.75) is 39.3 Å². The van der Waals surface area contributed by atoms with E-state index in [2.05, 4.69) is 18.7 Å². The third kappa shape index (κ3) is 5.06. The summed E-state index contributed by atoms with van der Waals surface area (Å²) in [7, 11) is 1.65. The second kappa shape index (κ2) is 8.69. The number of nitrogens with zero attached hydrogens (tertiary/aromatic N) is 2. The van der Waals surface area contributed by atoms with Gasteiger partial charge in [0.25, 0.3) is 0 Å². The fourth-order valence-corrected chi connectivity index (χ4v) is 2.44. The van der Waals surface area contributed by atoms with E-state index in [1.807, 2.05) is 0 Å². The predicted molar refractivity (Wildman–Crippen MR) is 79.7 cm³/mol. The van der Waals surface area contributed by atoms with Crippen LogP contribution in [0, 0.1) is 15.9 Å². The lowest BCUT2D eigenvalue weighted by atomic mass is 10.1. The Balaban J connectivity index is 2.87. The number of hydrogen-bond donors (Lipinski definition) is 0. The van der Waals surface area contributed by atoms with Crippen molar-refractivity contribution in [1.82, 2.24) is 4.90 Å². The number of ether oxygens (including phenoxy) is 1. The summed E-state index contributed by atoms with van der Waals surface area (Å²) in [6.07, 6.45) is 1.99. The van der Waals surface area contributed by atoms with Crippen LogP contribution in [-0.2, 0) is 11.3 Å². The largest absolute Gasteiger partial charge is 0.383 e. The lowest BCUT2D eigenvalue weighted by Crippen LogP contribution is -2.36. The van der Waals surface area contributed by atoms with Crippen molar-refractivity contribution in [3.8, 4) is 0 Å². The minimum absolute atomic E-state index is 0.387. The van der Waals surface area contributed by atoms with Gasteiger partial charge in [-0.1, -0.05) is 19.9 Å². The van der Waals surface area contributed by atoms with E-state index in [0.29, 0.717) is 19.2 Å². The third-order valence-electron chi connectivity index (χ3n) is 3.64. The average Bonchev–Trinajstić information content (AvgIpc) is 2.45. The molecule has 118 valence electrons. The second-order valence-corrected chi connectivity index (χ2v) is 4.98. The normalized spacial score (nSPS) is 11.3. The summed E-state index contributed by atoms with van der Waals surface area (Å²) in [6.45, 7) is 6.15. The molecule has 0 aromatic heterocycles. The van der Waals surface area contributed by atoms with E-state index in [1.54, 1.807) is 13.2 Å². The number of halogens is 1. The van der Waals surface area contributed by atoms with Crippen molar-refractivity contribution < 1.29 is 14.1 Å². The molecule has 0 amide bonds. The molecule has 0 saturated heterocycles. The minimum atomic E-state index is -0.784. The molecular formula is C15H23FN2O3. The van der Waals surface area contributed by atoms with E-state index >= 15 is 0 Å². The zero-order chi connectivity index (χ0) is 15.8.